The van der Waals surface area contributed by atoms with E-state index in [2.05, 4.69) is 13.8 Å². The van der Waals surface area contributed by atoms with E-state index in [1.807, 2.05) is 0 Å². The summed E-state index contributed by atoms with van der Waals surface area (Å²) >= 11 is -2.63. The fraction of sp³-hybridized carbons (Fsp3) is 1.00. The molecule has 0 amide bonds. The average molecular weight is 525 g/mol. The number of unbranched alkanes of at least 4 members (excludes halogenated alkanes) is 10. The minimum atomic E-state index is -2.63. The zero-order valence-corrected chi connectivity index (χ0v) is 21.2. The Morgan fingerprint density at radius 3 is 1.09 bits per heavy atom. The SMILES string of the molecule is CCCCCCC[CH2][Sn]([Cl])([Cl])[CH2]CCCCCCC.Cl.Cl.Cl. The molecular formula is C16H37Cl5Sn. The van der Waals surface area contributed by atoms with E-state index in [0.717, 1.165) is 0 Å². The van der Waals surface area contributed by atoms with Gasteiger partial charge >= 0.3 is 134 Å². The van der Waals surface area contributed by atoms with Gasteiger partial charge in [0, 0.05) is 0 Å². The van der Waals surface area contributed by atoms with Crippen LogP contribution in [0.4, 0.5) is 0 Å². The van der Waals surface area contributed by atoms with Crippen molar-refractivity contribution < 1.29 is 0 Å². The van der Waals surface area contributed by atoms with E-state index in [9.17, 15) is 0 Å². The van der Waals surface area contributed by atoms with Gasteiger partial charge in [0.15, 0.2) is 0 Å². The summed E-state index contributed by atoms with van der Waals surface area (Å²) in [4.78, 5) is 0. The normalized spacial score (nSPS) is 10.4. The second-order valence-corrected chi connectivity index (χ2v) is 24.6. The first kappa shape index (κ1) is 32.0. The van der Waals surface area contributed by atoms with E-state index >= 15 is 0 Å². The van der Waals surface area contributed by atoms with Crippen molar-refractivity contribution >= 4 is 71.2 Å². The average Bonchev–Trinajstić information content (AvgIpc) is 2.38. The predicted molar refractivity (Wildman–Crippen MR) is 116 cm³/mol. The van der Waals surface area contributed by atoms with E-state index in [1.165, 1.54) is 85.9 Å². The molecule has 0 rings (SSSR count). The van der Waals surface area contributed by atoms with Gasteiger partial charge in [0.1, 0.15) is 0 Å². The summed E-state index contributed by atoms with van der Waals surface area (Å²) in [7, 11) is 13.2. The van der Waals surface area contributed by atoms with Crippen LogP contribution >= 0.6 is 55.1 Å². The van der Waals surface area contributed by atoms with Crippen LogP contribution in [-0.2, 0) is 0 Å². The Balaban J connectivity index is -0.000000540. The summed E-state index contributed by atoms with van der Waals surface area (Å²) in [6.45, 7) is 4.53. The molecule has 0 aliphatic carbocycles. The Hall–Kier alpha value is 2.25. The van der Waals surface area contributed by atoms with Gasteiger partial charge in [-0.2, -0.15) is 0 Å². The monoisotopic (exact) mass is 524 g/mol. The van der Waals surface area contributed by atoms with E-state index in [0.29, 0.717) is 0 Å². The Morgan fingerprint density at radius 2 is 0.773 bits per heavy atom. The second kappa shape index (κ2) is 23.2. The van der Waals surface area contributed by atoms with Gasteiger partial charge in [-0.25, -0.2) is 0 Å². The Bertz CT molecular complexity index is 173. The van der Waals surface area contributed by atoms with Crippen LogP contribution in [0, 0.1) is 0 Å². The van der Waals surface area contributed by atoms with Gasteiger partial charge in [-0.3, -0.25) is 0 Å². The van der Waals surface area contributed by atoms with Crippen molar-refractivity contribution in [3.63, 3.8) is 0 Å². The summed E-state index contributed by atoms with van der Waals surface area (Å²) < 4.78 is 2.36. The zero-order valence-electron chi connectivity index (χ0n) is 14.4. The summed E-state index contributed by atoms with van der Waals surface area (Å²) in [6.07, 6.45) is 16.2. The van der Waals surface area contributed by atoms with Gasteiger partial charge in [-0.15, -0.1) is 37.2 Å². The first-order valence-corrected chi connectivity index (χ1v) is 19.8. The second-order valence-electron chi connectivity index (χ2n) is 5.89. The molecule has 6 heteroatoms. The molecule has 0 spiro atoms. The molecule has 0 fully saturated rings. The number of hydrogen-bond donors (Lipinski definition) is 0. The Morgan fingerprint density at radius 1 is 0.500 bits per heavy atom. The third-order valence-electron chi connectivity index (χ3n) is 3.79. The van der Waals surface area contributed by atoms with E-state index < -0.39 is 16.1 Å². The van der Waals surface area contributed by atoms with Crippen molar-refractivity contribution in [2.24, 2.45) is 0 Å². The molecule has 0 saturated heterocycles. The van der Waals surface area contributed by atoms with Crippen LogP contribution in [0.2, 0.25) is 8.87 Å². The van der Waals surface area contributed by atoms with E-state index in [4.69, 9.17) is 17.8 Å². The van der Waals surface area contributed by atoms with Crippen LogP contribution in [0.15, 0.2) is 0 Å². The maximum atomic E-state index is 6.59. The third kappa shape index (κ3) is 24.5. The quantitative estimate of drug-likeness (QED) is 0.157. The van der Waals surface area contributed by atoms with Crippen molar-refractivity contribution in [3.8, 4) is 0 Å². The van der Waals surface area contributed by atoms with Crippen molar-refractivity contribution in [2.45, 2.75) is 99.8 Å². The van der Waals surface area contributed by atoms with Crippen LogP contribution in [0.1, 0.15) is 90.9 Å². The molecule has 0 atom stereocenters. The minimum Gasteiger partial charge on any atom is -0.147 e. The fourth-order valence-electron chi connectivity index (χ4n) is 2.45. The zero-order chi connectivity index (χ0) is 14.4. The smallest absolute Gasteiger partial charge is 0.147 e. The van der Waals surface area contributed by atoms with E-state index in [-0.39, 0.29) is 37.2 Å². The molecule has 0 aliphatic heterocycles. The molecule has 0 aromatic heterocycles. The molecule has 0 saturated carbocycles. The molecule has 0 bridgehead atoms. The van der Waals surface area contributed by atoms with Gasteiger partial charge in [0.25, 0.3) is 0 Å². The number of halogens is 5. The van der Waals surface area contributed by atoms with Crippen LogP contribution < -0.4 is 0 Å². The Kier molecular flexibility index (Phi) is 33.8. The first-order chi connectivity index (χ1) is 9.12. The molecule has 0 unspecified atom stereocenters. The van der Waals surface area contributed by atoms with Crippen molar-refractivity contribution in [3.05, 3.63) is 0 Å². The van der Waals surface area contributed by atoms with Crippen LogP contribution in [-0.4, -0.2) is 16.1 Å². The maximum absolute atomic E-state index is 6.59. The van der Waals surface area contributed by atoms with Crippen molar-refractivity contribution in [1.29, 1.82) is 0 Å². The van der Waals surface area contributed by atoms with Gasteiger partial charge in [0.05, 0.1) is 0 Å². The van der Waals surface area contributed by atoms with Crippen LogP contribution in [0.3, 0.4) is 0 Å². The summed E-state index contributed by atoms with van der Waals surface area (Å²) in [5.74, 6) is 0. The first-order valence-electron chi connectivity index (χ1n) is 8.50. The van der Waals surface area contributed by atoms with Crippen molar-refractivity contribution in [2.75, 3.05) is 0 Å². The standard InChI is InChI=1S/2C8H17.5ClH.Sn/c2*1-3-5-7-8-6-4-2;;;;;;/h2*1,3-8H2,2H3;5*1H;/q;;;;;;;+2/p-2. The van der Waals surface area contributed by atoms with Gasteiger partial charge in [0.2, 0.25) is 0 Å². The molecular weight excluding hydrogens is 488 g/mol. The molecule has 0 N–H and O–H groups in total. The Labute approximate surface area is 169 Å². The summed E-state index contributed by atoms with van der Waals surface area (Å²) in [5.41, 5.74) is 0. The molecule has 0 aliphatic rings. The van der Waals surface area contributed by atoms with Gasteiger partial charge in [-0.05, 0) is 0 Å². The predicted octanol–water partition coefficient (Wildman–Crippen LogP) is 8.89. The van der Waals surface area contributed by atoms with Crippen molar-refractivity contribution in [1.82, 2.24) is 0 Å². The molecule has 22 heavy (non-hydrogen) atoms. The molecule has 0 aromatic carbocycles. The van der Waals surface area contributed by atoms with Crippen LogP contribution in [0.25, 0.3) is 0 Å². The van der Waals surface area contributed by atoms with Crippen LogP contribution in [0.5, 0.6) is 0 Å². The minimum absolute atomic E-state index is 0. The van der Waals surface area contributed by atoms with Gasteiger partial charge in [-0.1, -0.05) is 0 Å². The number of rotatable bonds is 14. The molecule has 0 aromatic rings. The molecule has 0 nitrogen and oxygen atoms in total. The topological polar surface area (TPSA) is 0 Å². The molecule has 140 valence electrons. The molecule has 0 heterocycles. The maximum Gasteiger partial charge on any atom is -0.147 e. The fourth-order valence-corrected chi connectivity index (χ4v) is 11.1. The summed E-state index contributed by atoms with van der Waals surface area (Å²) in [5, 5.41) is 0. The number of hydrogen-bond acceptors (Lipinski definition) is 0. The third-order valence-corrected chi connectivity index (χ3v) is 15.1. The van der Waals surface area contributed by atoms with E-state index in [1.54, 1.807) is 0 Å². The largest absolute Gasteiger partial charge is 0.147 e. The van der Waals surface area contributed by atoms with Gasteiger partial charge < -0.3 is 0 Å². The molecule has 0 radical (unpaired) electrons. The summed E-state index contributed by atoms with van der Waals surface area (Å²) in [6, 6.07) is 0.